The van der Waals surface area contributed by atoms with E-state index in [0.717, 1.165) is 33.0 Å². The zero-order chi connectivity index (χ0) is 32.6. The van der Waals surface area contributed by atoms with Crippen molar-refractivity contribution in [3.63, 3.8) is 0 Å². The zero-order valence-corrected chi connectivity index (χ0v) is 24.9. The highest BCUT2D eigenvalue weighted by molar-refractivity contribution is 5.99. The van der Waals surface area contributed by atoms with E-state index in [0.29, 0.717) is 18.4 Å². The van der Waals surface area contributed by atoms with Gasteiger partial charge in [0.15, 0.2) is 0 Å². The van der Waals surface area contributed by atoms with Crippen LogP contribution in [0.2, 0.25) is 0 Å². The van der Waals surface area contributed by atoms with Crippen molar-refractivity contribution in [3.05, 3.63) is 131 Å². The lowest BCUT2D eigenvalue weighted by molar-refractivity contribution is 0.292. The molecular weight excluding hydrogens is 604 g/mol. The summed E-state index contributed by atoms with van der Waals surface area (Å²) < 4.78 is 3.90. The minimum absolute atomic E-state index is 0.0170. The summed E-state index contributed by atoms with van der Waals surface area (Å²) in [5.74, 6) is 1.43. The van der Waals surface area contributed by atoms with Crippen molar-refractivity contribution in [2.45, 2.75) is 32.2 Å². The Bertz CT molecular complexity index is 2840. The Balaban J connectivity index is 1.17. The van der Waals surface area contributed by atoms with Gasteiger partial charge in [0.25, 0.3) is 44.5 Å². The fourth-order valence-corrected chi connectivity index (χ4v) is 8.36. The van der Waals surface area contributed by atoms with E-state index in [4.69, 9.17) is 0 Å². The van der Waals surface area contributed by atoms with Gasteiger partial charge in [-0.2, -0.15) is 0 Å². The summed E-state index contributed by atoms with van der Waals surface area (Å²) in [5.41, 5.74) is -4.86. The Hall–Kier alpha value is -5.78. The number of benzene rings is 3. The molecule has 0 N–H and O–H groups in total. The van der Waals surface area contributed by atoms with Gasteiger partial charge in [0.2, 0.25) is 0 Å². The van der Waals surface area contributed by atoms with Crippen LogP contribution in [0, 0.1) is 17.8 Å². The third-order valence-corrected chi connectivity index (χ3v) is 10.7. The van der Waals surface area contributed by atoms with Crippen molar-refractivity contribution in [3.8, 4) is 11.4 Å². The maximum atomic E-state index is 13.7. The van der Waals surface area contributed by atoms with Gasteiger partial charge in [-0.15, -0.1) is 0 Å². The van der Waals surface area contributed by atoms with Gasteiger partial charge < -0.3 is 0 Å². The third kappa shape index (κ3) is 3.52. The molecule has 2 bridgehead atoms. The Morgan fingerprint density at radius 1 is 0.532 bits per heavy atom. The van der Waals surface area contributed by atoms with Crippen LogP contribution in [0.4, 0.5) is 0 Å². The molecule has 9 rings (SSSR count). The molecule has 0 saturated heterocycles. The molecule has 232 valence electrons. The van der Waals surface area contributed by atoms with Crippen molar-refractivity contribution < 1.29 is 0 Å². The lowest BCUT2D eigenvalue weighted by atomic mass is 9.89. The first-order chi connectivity index (χ1) is 22.5. The molecule has 3 atom stereocenters. The van der Waals surface area contributed by atoms with Crippen molar-refractivity contribution in [1.29, 1.82) is 0 Å². The normalized spacial score (nSPS) is 19.4. The second-order valence-electron chi connectivity index (χ2n) is 13.1. The summed E-state index contributed by atoms with van der Waals surface area (Å²) in [6.45, 7) is 0.336. The first kappa shape index (κ1) is 27.5. The number of hydrogen-bond acceptors (Lipinski definition) is 8. The minimum atomic E-state index is -0.731. The van der Waals surface area contributed by atoms with Crippen molar-refractivity contribution >= 4 is 43.1 Å². The average Bonchev–Trinajstić information content (AvgIpc) is 3.88. The van der Waals surface area contributed by atoms with E-state index in [1.165, 1.54) is 66.6 Å². The van der Waals surface area contributed by atoms with Crippen LogP contribution in [0.15, 0.2) is 86.9 Å². The van der Waals surface area contributed by atoms with E-state index in [1.54, 1.807) is 0 Å². The molecule has 47 heavy (non-hydrogen) atoms. The second-order valence-corrected chi connectivity index (χ2v) is 13.1. The number of aromatic nitrogens is 4. The van der Waals surface area contributed by atoms with Gasteiger partial charge in [0.05, 0.1) is 54.5 Å². The molecule has 0 spiro atoms. The first-order valence-corrected chi connectivity index (χ1v) is 15.5. The summed E-state index contributed by atoms with van der Waals surface area (Å²) in [6.07, 6.45) is 4.44. The Kier molecular flexibility index (Phi) is 5.36. The molecule has 4 aromatic heterocycles. The molecule has 4 heterocycles. The highest BCUT2D eigenvalue weighted by Gasteiger charge is 2.40. The Morgan fingerprint density at radius 2 is 0.957 bits per heavy atom. The Labute approximate surface area is 261 Å². The van der Waals surface area contributed by atoms with Gasteiger partial charge >= 0.3 is 0 Å². The van der Waals surface area contributed by atoms with Gasteiger partial charge in [-0.1, -0.05) is 12.5 Å². The molecule has 7 aromatic rings. The number of nitrogens with zero attached hydrogens (tertiary/aromatic N) is 4. The molecule has 12 nitrogen and oxygen atoms in total. The number of fused-ring (bicyclic) bond motifs is 6. The van der Waals surface area contributed by atoms with Crippen molar-refractivity contribution in [1.82, 2.24) is 18.3 Å². The van der Waals surface area contributed by atoms with Crippen LogP contribution in [0.25, 0.3) is 54.5 Å². The molecule has 3 unspecified atom stereocenters. The van der Waals surface area contributed by atoms with E-state index in [2.05, 4.69) is 0 Å². The third-order valence-electron chi connectivity index (χ3n) is 10.7. The van der Waals surface area contributed by atoms with Gasteiger partial charge in [0.1, 0.15) is 0 Å². The van der Waals surface area contributed by atoms with E-state index < -0.39 is 44.5 Å². The molecule has 0 amide bonds. The first-order valence-electron chi connectivity index (χ1n) is 15.5. The maximum absolute atomic E-state index is 13.7. The molecule has 2 fully saturated rings. The lowest BCUT2D eigenvalue weighted by Gasteiger charge is -2.21. The van der Waals surface area contributed by atoms with Gasteiger partial charge in [-0.25, -0.2) is 9.13 Å². The predicted octanol–water partition coefficient (Wildman–Crippen LogP) is 1.09. The SMILES string of the molecule is Cn1c(=O)c2cc3c(=O)n(-c4cccc(-n5c(=O)c6cc7c(=O)n(CC8CC9CCC8C9)c(=O)c7cc6c5=O)c4)c(=O)c3cc2c1=O. The molecule has 12 heteroatoms. The van der Waals surface area contributed by atoms with Crippen LogP contribution in [0.3, 0.4) is 0 Å². The van der Waals surface area contributed by atoms with E-state index >= 15 is 0 Å². The largest absolute Gasteiger partial charge is 0.277 e. The summed E-state index contributed by atoms with van der Waals surface area (Å²) >= 11 is 0. The van der Waals surface area contributed by atoms with Crippen molar-refractivity contribution in [2.24, 2.45) is 24.8 Å². The summed E-state index contributed by atoms with van der Waals surface area (Å²) in [6, 6.07) is 10.8. The molecular formula is C35H24N4O8. The van der Waals surface area contributed by atoms with Crippen molar-refractivity contribution in [2.75, 3.05) is 0 Å². The van der Waals surface area contributed by atoms with E-state index in [-0.39, 0.29) is 60.4 Å². The summed E-state index contributed by atoms with van der Waals surface area (Å²) in [7, 11) is 1.31. The van der Waals surface area contributed by atoms with Crippen LogP contribution >= 0.6 is 0 Å². The molecule has 0 radical (unpaired) electrons. The lowest BCUT2D eigenvalue weighted by Crippen LogP contribution is -2.30. The van der Waals surface area contributed by atoms with Crippen LogP contribution < -0.4 is 44.5 Å². The highest BCUT2D eigenvalue weighted by atomic mass is 16.2. The molecule has 0 aliphatic heterocycles. The van der Waals surface area contributed by atoms with Crippen LogP contribution in [-0.2, 0) is 13.6 Å². The van der Waals surface area contributed by atoms with E-state index in [1.807, 2.05) is 0 Å². The second kappa shape index (κ2) is 9.15. The van der Waals surface area contributed by atoms with Crippen LogP contribution in [0.1, 0.15) is 25.7 Å². The molecule has 2 aliphatic carbocycles. The van der Waals surface area contributed by atoms with E-state index in [9.17, 15) is 38.4 Å². The molecule has 2 aliphatic rings. The average molecular weight is 629 g/mol. The summed E-state index contributed by atoms with van der Waals surface area (Å²) in [5, 5.41) is 0.107. The maximum Gasteiger partial charge on any atom is 0.266 e. The standard InChI is InChI=1S/C35H24N4O8/c1-36-28(40)20-10-24-25(11-21(20)29(36)41)33(45)38(32(24)44)18-3-2-4-19(9-18)39-34(46)26-12-22-23(13-27(26)35(39)47)31(43)37(30(22)42)14-17-8-15-5-6-16(17)7-15/h2-4,9-13,15-17H,5-8,14H2,1H3. The topological polar surface area (TPSA) is 156 Å². The zero-order valence-electron chi connectivity index (χ0n) is 24.9. The van der Waals surface area contributed by atoms with Crippen LogP contribution in [-0.4, -0.2) is 18.3 Å². The van der Waals surface area contributed by atoms with Gasteiger partial charge in [-0.3, -0.25) is 47.5 Å². The number of rotatable bonds is 4. The van der Waals surface area contributed by atoms with Gasteiger partial charge in [-0.05, 0) is 79.5 Å². The monoisotopic (exact) mass is 628 g/mol. The summed E-state index contributed by atoms with van der Waals surface area (Å²) in [4.78, 5) is 106. The number of hydrogen-bond donors (Lipinski definition) is 0. The fraction of sp³-hybridized carbons (Fsp3) is 0.257. The molecule has 3 aromatic carbocycles. The van der Waals surface area contributed by atoms with Gasteiger partial charge in [0, 0.05) is 13.6 Å². The minimum Gasteiger partial charge on any atom is -0.277 e. The van der Waals surface area contributed by atoms with Crippen LogP contribution in [0.5, 0.6) is 0 Å². The fourth-order valence-electron chi connectivity index (χ4n) is 8.36. The smallest absolute Gasteiger partial charge is 0.266 e. The Morgan fingerprint density at radius 3 is 1.36 bits per heavy atom. The predicted molar refractivity (Wildman–Crippen MR) is 176 cm³/mol. The highest BCUT2D eigenvalue weighted by Crippen LogP contribution is 2.48. The quantitative estimate of drug-likeness (QED) is 0.281. The molecule has 2 saturated carbocycles.